The molecule has 0 radical (unpaired) electrons. The zero-order valence-electron chi connectivity index (χ0n) is 9.50. The van der Waals surface area contributed by atoms with E-state index < -0.39 is 0 Å². The lowest BCUT2D eigenvalue weighted by atomic mass is 10.1. The number of nitrogens with one attached hydrogen (secondary N) is 1. The van der Waals surface area contributed by atoms with Gasteiger partial charge in [-0.25, -0.2) is 4.39 Å². The van der Waals surface area contributed by atoms with Gasteiger partial charge in [-0.15, -0.1) is 0 Å². The first-order valence-electron chi connectivity index (χ1n) is 5.08. The van der Waals surface area contributed by atoms with Crippen LogP contribution in [0, 0.1) is 5.82 Å². The van der Waals surface area contributed by atoms with Crippen LogP contribution >= 0.6 is 0 Å². The van der Waals surface area contributed by atoms with Crippen LogP contribution in [-0.2, 0) is 0 Å². The van der Waals surface area contributed by atoms with Crippen molar-refractivity contribution >= 4 is 0 Å². The topological polar surface area (TPSA) is 28.2 Å². The lowest BCUT2D eigenvalue weighted by molar-refractivity contribution is 0.389. The van der Waals surface area contributed by atoms with E-state index >= 15 is 0 Å². The van der Waals surface area contributed by atoms with E-state index in [9.17, 15) is 4.39 Å². The Balaban J connectivity index is 2.43. The van der Waals surface area contributed by atoms with Gasteiger partial charge >= 0.3 is 0 Å². The summed E-state index contributed by atoms with van der Waals surface area (Å²) in [7, 11) is 4.05. The molecule has 84 valence electrons. The molecule has 0 saturated heterocycles. The number of aromatic nitrogens is 1. The summed E-state index contributed by atoms with van der Waals surface area (Å²) in [6.45, 7) is 3.85. The van der Waals surface area contributed by atoms with E-state index in [1.807, 2.05) is 21.0 Å². The van der Waals surface area contributed by atoms with Gasteiger partial charge in [0.1, 0.15) is 5.82 Å². The third kappa shape index (κ3) is 4.36. The molecule has 1 rings (SSSR count). The highest BCUT2D eigenvalue weighted by Crippen LogP contribution is 2.11. The first kappa shape index (κ1) is 12.1. The third-order valence-electron chi connectivity index (χ3n) is 2.24. The normalized spacial score (nSPS) is 13.1. The smallest absolute Gasteiger partial charge is 0.141 e. The maximum Gasteiger partial charge on any atom is 0.141 e. The Kier molecular flexibility index (Phi) is 4.65. The van der Waals surface area contributed by atoms with Gasteiger partial charge in [0, 0.05) is 25.3 Å². The molecule has 1 N–H and O–H groups in total. The summed E-state index contributed by atoms with van der Waals surface area (Å²) >= 11 is 0. The minimum absolute atomic E-state index is 0.133. The van der Waals surface area contributed by atoms with Gasteiger partial charge in [0.2, 0.25) is 0 Å². The van der Waals surface area contributed by atoms with Crippen molar-refractivity contribution in [2.45, 2.75) is 13.0 Å². The van der Waals surface area contributed by atoms with Gasteiger partial charge in [-0.1, -0.05) is 0 Å². The van der Waals surface area contributed by atoms with Gasteiger partial charge in [0.15, 0.2) is 0 Å². The molecule has 15 heavy (non-hydrogen) atoms. The number of hydrogen-bond donors (Lipinski definition) is 1. The fourth-order valence-corrected chi connectivity index (χ4v) is 1.29. The Morgan fingerprint density at radius 1 is 1.47 bits per heavy atom. The second kappa shape index (κ2) is 5.78. The molecule has 1 unspecified atom stereocenters. The number of nitrogens with zero attached hydrogens (tertiary/aromatic N) is 2. The maximum absolute atomic E-state index is 12.9. The number of halogens is 1. The van der Waals surface area contributed by atoms with E-state index in [2.05, 4.69) is 15.2 Å². The van der Waals surface area contributed by atoms with E-state index in [4.69, 9.17) is 0 Å². The summed E-state index contributed by atoms with van der Waals surface area (Å²) in [6.07, 6.45) is 2.91. The van der Waals surface area contributed by atoms with Crippen molar-refractivity contribution in [1.82, 2.24) is 15.2 Å². The van der Waals surface area contributed by atoms with Crippen LogP contribution in [0.15, 0.2) is 18.5 Å². The highest BCUT2D eigenvalue weighted by atomic mass is 19.1. The zero-order chi connectivity index (χ0) is 11.3. The Morgan fingerprint density at radius 3 is 2.80 bits per heavy atom. The number of hydrogen-bond acceptors (Lipinski definition) is 3. The van der Waals surface area contributed by atoms with Gasteiger partial charge in [0.25, 0.3) is 0 Å². The second-order valence-corrected chi connectivity index (χ2v) is 3.92. The van der Waals surface area contributed by atoms with Crippen molar-refractivity contribution in [1.29, 1.82) is 0 Å². The quantitative estimate of drug-likeness (QED) is 0.798. The molecule has 0 amide bonds. The molecule has 0 saturated carbocycles. The molecule has 4 heteroatoms. The summed E-state index contributed by atoms with van der Waals surface area (Å²) in [5.41, 5.74) is 0.883. The number of rotatable bonds is 5. The molecule has 0 fully saturated rings. The van der Waals surface area contributed by atoms with Crippen LogP contribution in [0.1, 0.15) is 18.5 Å². The Labute approximate surface area is 90.3 Å². The van der Waals surface area contributed by atoms with Crippen molar-refractivity contribution in [3.8, 4) is 0 Å². The Morgan fingerprint density at radius 2 is 2.20 bits per heavy atom. The van der Waals surface area contributed by atoms with E-state index in [-0.39, 0.29) is 11.9 Å². The highest BCUT2D eigenvalue weighted by molar-refractivity contribution is 5.14. The van der Waals surface area contributed by atoms with E-state index in [0.717, 1.165) is 18.7 Å². The molecule has 1 heterocycles. The molecule has 0 bridgehead atoms. The lowest BCUT2D eigenvalue weighted by Gasteiger charge is -2.16. The molecule has 1 atom stereocenters. The molecular formula is C11H18FN3. The van der Waals surface area contributed by atoms with Crippen LogP contribution < -0.4 is 5.32 Å². The summed E-state index contributed by atoms with van der Waals surface area (Å²) in [5, 5.41) is 3.31. The molecule has 0 spiro atoms. The predicted octanol–water partition coefficient (Wildman–Crippen LogP) is 1.43. The Bertz CT molecular complexity index is 302. The van der Waals surface area contributed by atoms with E-state index in [0.29, 0.717) is 0 Å². The van der Waals surface area contributed by atoms with Gasteiger partial charge in [0.05, 0.1) is 6.20 Å². The van der Waals surface area contributed by atoms with E-state index in [1.165, 1.54) is 12.3 Å². The minimum Gasteiger partial charge on any atom is -0.309 e. The van der Waals surface area contributed by atoms with Crippen LogP contribution in [0.25, 0.3) is 0 Å². The highest BCUT2D eigenvalue weighted by Gasteiger charge is 2.05. The molecule has 1 aromatic rings. The van der Waals surface area contributed by atoms with Gasteiger partial charge in [-0.05, 0) is 32.6 Å². The van der Waals surface area contributed by atoms with Crippen LogP contribution in [-0.4, -0.2) is 37.1 Å². The molecule has 0 aromatic carbocycles. The van der Waals surface area contributed by atoms with Crippen LogP contribution in [0.2, 0.25) is 0 Å². The maximum atomic E-state index is 12.9. The summed E-state index contributed by atoms with van der Waals surface area (Å²) < 4.78 is 12.9. The molecule has 1 aromatic heterocycles. The molecule has 3 nitrogen and oxygen atoms in total. The number of pyridine rings is 1. The van der Waals surface area contributed by atoms with Crippen molar-refractivity contribution in [2.24, 2.45) is 0 Å². The number of likely N-dealkylation sites (N-methyl/N-ethyl adjacent to an activating group) is 1. The average Bonchev–Trinajstić information content (AvgIpc) is 2.17. The predicted molar refractivity (Wildman–Crippen MR) is 59.2 cm³/mol. The first-order valence-corrected chi connectivity index (χ1v) is 5.08. The van der Waals surface area contributed by atoms with Crippen molar-refractivity contribution in [2.75, 3.05) is 27.2 Å². The van der Waals surface area contributed by atoms with Crippen molar-refractivity contribution < 1.29 is 4.39 Å². The monoisotopic (exact) mass is 211 g/mol. The van der Waals surface area contributed by atoms with Gasteiger partial charge < -0.3 is 10.2 Å². The van der Waals surface area contributed by atoms with Gasteiger partial charge in [-0.2, -0.15) is 0 Å². The van der Waals surface area contributed by atoms with Crippen LogP contribution in [0.5, 0.6) is 0 Å². The van der Waals surface area contributed by atoms with Crippen LogP contribution in [0.3, 0.4) is 0 Å². The molecule has 0 aliphatic carbocycles. The zero-order valence-corrected chi connectivity index (χ0v) is 9.50. The fourth-order valence-electron chi connectivity index (χ4n) is 1.29. The Hall–Kier alpha value is -1.00. The van der Waals surface area contributed by atoms with Gasteiger partial charge in [-0.3, -0.25) is 4.98 Å². The largest absolute Gasteiger partial charge is 0.309 e. The first-order chi connectivity index (χ1) is 7.09. The molecule has 0 aliphatic rings. The summed E-state index contributed by atoms with van der Waals surface area (Å²) in [4.78, 5) is 5.92. The molecule has 0 aliphatic heterocycles. The fraction of sp³-hybridized carbons (Fsp3) is 0.545. The lowest BCUT2D eigenvalue weighted by Crippen LogP contribution is -2.28. The van der Waals surface area contributed by atoms with Crippen molar-refractivity contribution in [3.05, 3.63) is 29.8 Å². The second-order valence-electron chi connectivity index (χ2n) is 3.92. The third-order valence-corrected chi connectivity index (χ3v) is 2.24. The minimum atomic E-state index is -0.284. The standard InChI is InChI=1S/C11H18FN3/c1-9(14-4-5-15(2)3)10-6-11(12)8-13-7-10/h6-9,14H,4-5H2,1-3H3. The van der Waals surface area contributed by atoms with Crippen molar-refractivity contribution in [3.63, 3.8) is 0 Å². The summed E-state index contributed by atoms with van der Waals surface area (Å²) in [6, 6.07) is 1.65. The SMILES string of the molecule is CC(NCCN(C)C)c1cncc(F)c1. The van der Waals surface area contributed by atoms with E-state index in [1.54, 1.807) is 6.20 Å². The molecular weight excluding hydrogens is 193 g/mol. The average molecular weight is 211 g/mol. The van der Waals surface area contributed by atoms with Crippen LogP contribution in [0.4, 0.5) is 4.39 Å². The summed E-state index contributed by atoms with van der Waals surface area (Å²) in [5.74, 6) is -0.284.